The monoisotopic (exact) mass is 187 g/mol. The summed E-state index contributed by atoms with van der Waals surface area (Å²) in [5.41, 5.74) is 7.44. The van der Waals surface area contributed by atoms with Crippen LogP contribution in [0.3, 0.4) is 0 Å². The number of benzene rings is 1. The van der Waals surface area contributed by atoms with Crippen LogP contribution in [-0.2, 0) is 0 Å². The van der Waals surface area contributed by atoms with Gasteiger partial charge in [-0.25, -0.2) is 0 Å². The molecule has 0 fully saturated rings. The highest BCUT2D eigenvalue weighted by Crippen LogP contribution is 2.16. The summed E-state index contributed by atoms with van der Waals surface area (Å²) in [5.74, 6) is -0.425. The molecule has 0 saturated carbocycles. The van der Waals surface area contributed by atoms with Crippen LogP contribution in [0.5, 0.6) is 0 Å². The van der Waals surface area contributed by atoms with Crippen LogP contribution < -0.4 is 5.73 Å². The fourth-order valence-corrected chi connectivity index (χ4v) is 1.26. The van der Waals surface area contributed by atoms with Gasteiger partial charge in [0.15, 0.2) is 0 Å². The topological polar surface area (TPSA) is 71.8 Å². The molecule has 1 aromatic carbocycles. The second kappa shape index (κ2) is 3.33. The first-order valence-corrected chi connectivity index (χ1v) is 4.17. The van der Waals surface area contributed by atoms with Gasteiger partial charge in [0.1, 0.15) is 0 Å². The second-order valence-corrected chi connectivity index (χ2v) is 2.92. The van der Waals surface area contributed by atoms with Gasteiger partial charge in [-0.3, -0.25) is 9.89 Å². The van der Waals surface area contributed by atoms with Gasteiger partial charge in [-0.1, -0.05) is 12.1 Å². The van der Waals surface area contributed by atoms with Gasteiger partial charge in [0.25, 0.3) is 0 Å². The highest BCUT2D eigenvalue weighted by molar-refractivity contribution is 5.93. The average Bonchev–Trinajstić information content (AvgIpc) is 2.71. The number of aromatic nitrogens is 2. The van der Waals surface area contributed by atoms with Gasteiger partial charge >= 0.3 is 0 Å². The van der Waals surface area contributed by atoms with E-state index in [2.05, 4.69) is 10.2 Å². The number of nitrogens with zero attached hydrogens (tertiary/aromatic N) is 1. The fourth-order valence-electron chi connectivity index (χ4n) is 1.26. The van der Waals surface area contributed by atoms with E-state index in [-0.39, 0.29) is 0 Å². The van der Waals surface area contributed by atoms with Crippen molar-refractivity contribution < 1.29 is 4.79 Å². The number of hydrogen-bond donors (Lipinski definition) is 2. The number of carbonyl (C=O) groups excluding carboxylic acids is 1. The Labute approximate surface area is 80.8 Å². The van der Waals surface area contributed by atoms with Gasteiger partial charge in [-0.05, 0) is 18.2 Å². The molecule has 4 nitrogen and oxygen atoms in total. The van der Waals surface area contributed by atoms with Crippen molar-refractivity contribution in [3.8, 4) is 11.3 Å². The molecule has 0 bridgehead atoms. The van der Waals surface area contributed by atoms with Gasteiger partial charge < -0.3 is 5.73 Å². The number of amides is 1. The number of carbonyl (C=O) groups is 1. The molecule has 0 atom stereocenters. The first-order chi connectivity index (χ1) is 6.77. The van der Waals surface area contributed by atoms with E-state index < -0.39 is 5.91 Å². The summed E-state index contributed by atoms with van der Waals surface area (Å²) >= 11 is 0. The van der Waals surface area contributed by atoms with Gasteiger partial charge in [-0.15, -0.1) is 0 Å². The lowest BCUT2D eigenvalue weighted by Crippen LogP contribution is -2.10. The third kappa shape index (κ3) is 1.50. The first kappa shape index (κ1) is 8.50. The van der Waals surface area contributed by atoms with E-state index in [0.29, 0.717) is 5.56 Å². The van der Waals surface area contributed by atoms with Crippen LogP contribution >= 0.6 is 0 Å². The lowest BCUT2D eigenvalue weighted by molar-refractivity contribution is 0.100. The van der Waals surface area contributed by atoms with Crippen LogP contribution in [0.1, 0.15) is 10.4 Å². The summed E-state index contributed by atoms with van der Waals surface area (Å²) < 4.78 is 0. The normalized spacial score (nSPS) is 10.0. The average molecular weight is 187 g/mol. The van der Waals surface area contributed by atoms with Crippen molar-refractivity contribution >= 4 is 5.91 Å². The van der Waals surface area contributed by atoms with Crippen molar-refractivity contribution in [2.45, 2.75) is 0 Å². The predicted octanol–water partition coefficient (Wildman–Crippen LogP) is 1.18. The number of aromatic amines is 1. The van der Waals surface area contributed by atoms with E-state index in [1.54, 1.807) is 24.4 Å². The molecule has 3 N–H and O–H groups in total. The Balaban J connectivity index is 2.46. The quantitative estimate of drug-likeness (QED) is 0.740. The van der Waals surface area contributed by atoms with Crippen LogP contribution in [0.15, 0.2) is 36.5 Å². The van der Waals surface area contributed by atoms with E-state index in [1.807, 2.05) is 12.1 Å². The Morgan fingerprint density at radius 3 is 2.86 bits per heavy atom. The Morgan fingerprint density at radius 2 is 2.21 bits per heavy atom. The summed E-state index contributed by atoms with van der Waals surface area (Å²) in [6.07, 6.45) is 1.66. The standard InChI is InChI=1S/C10H9N3O/c11-10(14)8-3-1-2-7(6-8)9-4-5-12-13-9/h1-6H,(H2,11,14)(H,12,13). The zero-order valence-electron chi connectivity index (χ0n) is 7.40. The van der Waals surface area contributed by atoms with Crippen molar-refractivity contribution in [1.82, 2.24) is 10.2 Å². The summed E-state index contributed by atoms with van der Waals surface area (Å²) in [5, 5.41) is 6.65. The highest BCUT2D eigenvalue weighted by atomic mass is 16.1. The van der Waals surface area contributed by atoms with E-state index >= 15 is 0 Å². The first-order valence-electron chi connectivity index (χ1n) is 4.17. The van der Waals surface area contributed by atoms with Gasteiger partial charge in [-0.2, -0.15) is 5.10 Å². The molecular formula is C10H9N3O. The largest absolute Gasteiger partial charge is 0.366 e. The number of hydrogen-bond acceptors (Lipinski definition) is 2. The minimum atomic E-state index is -0.425. The van der Waals surface area contributed by atoms with E-state index in [4.69, 9.17) is 5.73 Å². The number of nitrogens with one attached hydrogen (secondary N) is 1. The van der Waals surface area contributed by atoms with Gasteiger partial charge in [0.05, 0.1) is 5.69 Å². The summed E-state index contributed by atoms with van der Waals surface area (Å²) in [6, 6.07) is 8.92. The lowest BCUT2D eigenvalue weighted by Gasteiger charge is -1.99. The molecule has 2 rings (SSSR count). The fraction of sp³-hybridized carbons (Fsp3) is 0. The predicted molar refractivity (Wildman–Crippen MR) is 52.5 cm³/mol. The molecule has 2 aromatic rings. The zero-order valence-corrected chi connectivity index (χ0v) is 7.40. The van der Waals surface area contributed by atoms with E-state index in [0.717, 1.165) is 11.3 Å². The smallest absolute Gasteiger partial charge is 0.248 e. The Hall–Kier alpha value is -2.10. The summed E-state index contributed by atoms with van der Waals surface area (Å²) in [4.78, 5) is 10.9. The molecule has 1 aromatic heterocycles. The highest BCUT2D eigenvalue weighted by Gasteiger charge is 2.03. The Morgan fingerprint density at radius 1 is 1.36 bits per heavy atom. The summed E-state index contributed by atoms with van der Waals surface area (Å²) in [6.45, 7) is 0. The van der Waals surface area contributed by atoms with Crippen LogP contribution in [-0.4, -0.2) is 16.1 Å². The molecule has 0 spiro atoms. The molecule has 1 amide bonds. The van der Waals surface area contributed by atoms with Crippen LogP contribution in [0.25, 0.3) is 11.3 Å². The van der Waals surface area contributed by atoms with E-state index in [1.165, 1.54) is 0 Å². The molecule has 1 heterocycles. The second-order valence-electron chi connectivity index (χ2n) is 2.92. The molecule has 70 valence electrons. The Kier molecular flexibility index (Phi) is 2.02. The molecule has 0 saturated heterocycles. The molecular weight excluding hydrogens is 178 g/mol. The third-order valence-electron chi connectivity index (χ3n) is 1.96. The molecule has 4 heteroatoms. The molecule has 0 aliphatic heterocycles. The van der Waals surface area contributed by atoms with Gasteiger partial charge in [0.2, 0.25) is 5.91 Å². The molecule has 0 radical (unpaired) electrons. The Bertz CT molecular complexity index is 448. The number of nitrogens with two attached hydrogens (primary N) is 1. The summed E-state index contributed by atoms with van der Waals surface area (Å²) in [7, 11) is 0. The number of primary amides is 1. The zero-order chi connectivity index (χ0) is 9.97. The number of H-pyrrole nitrogens is 1. The van der Waals surface area contributed by atoms with Crippen molar-refractivity contribution in [2.24, 2.45) is 5.73 Å². The minimum Gasteiger partial charge on any atom is -0.366 e. The maximum Gasteiger partial charge on any atom is 0.248 e. The van der Waals surface area contributed by atoms with Crippen LogP contribution in [0.2, 0.25) is 0 Å². The molecule has 0 aliphatic rings. The lowest BCUT2D eigenvalue weighted by atomic mass is 10.1. The SMILES string of the molecule is NC(=O)c1cccc(-c2ccn[nH]2)c1. The molecule has 0 unspecified atom stereocenters. The third-order valence-corrected chi connectivity index (χ3v) is 1.96. The molecule has 0 aliphatic carbocycles. The maximum atomic E-state index is 10.9. The van der Waals surface area contributed by atoms with E-state index in [9.17, 15) is 4.79 Å². The van der Waals surface area contributed by atoms with Crippen LogP contribution in [0.4, 0.5) is 0 Å². The van der Waals surface area contributed by atoms with Crippen molar-refractivity contribution in [1.29, 1.82) is 0 Å². The van der Waals surface area contributed by atoms with Crippen molar-refractivity contribution in [3.05, 3.63) is 42.1 Å². The van der Waals surface area contributed by atoms with Crippen LogP contribution in [0, 0.1) is 0 Å². The van der Waals surface area contributed by atoms with Gasteiger partial charge in [0, 0.05) is 17.3 Å². The maximum absolute atomic E-state index is 10.9. The van der Waals surface area contributed by atoms with Crippen molar-refractivity contribution in [2.75, 3.05) is 0 Å². The number of rotatable bonds is 2. The van der Waals surface area contributed by atoms with Crippen molar-refractivity contribution in [3.63, 3.8) is 0 Å². The molecule has 14 heavy (non-hydrogen) atoms. The minimum absolute atomic E-state index is 0.425.